The first kappa shape index (κ1) is 14.8. The van der Waals surface area contributed by atoms with Gasteiger partial charge in [0, 0.05) is 11.6 Å². The quantitative estimate of drug-likeness (QED) is 0.902. The average Bonchev–Trinajstić information content (AvgIpc) is 2.89. The number of rotatable bonds is 3. The molecule has 21 heavy (non-hydrogen) atoms. The van der Waals surface area contributed by atoms with E-state index in [4.69, 9.17) is 17.3 Å². The van der Waals surface area contributed by atoms with E-state index in [1.807, 2.05) is 12.1 Å². The van der Waals surface area contributed by atoms with Crippen molar-refractivity contribution in [1.29, 1.82) is 0 Å². The summed E-state index contributed by atoms with van der Waals surface area (Å²) in [5.41, 5.74) is 6.32. The molecule has 1 saturated carbocycles. The molecule has 4 nitrogen and oxygen atoms in total. The SMILES string of the molecule is NCC1(C(=O)Nc2nc3ccc(Cl)cc3s2)CCCCC1. The molecule has 1 aromatic carbocycles. The van der Waals surface area contributed by atoms with Crippen LogP contribution in [0.2, 0.25) is 5.02 Å². The Bertz CT molecular complexity index is 664. The third kappa shape index (κ3) is 2.91. The zero-order chi connectivity index (χ0) is 14.9. The molecule has 6 heteroatoms. The van der Waals surface area contributed by atoms with Crippen molar-refractivity contribution in [2.75, 3.05) is 11.9 Å². The van der Waals surface area contributed by atoms with Crippen LogP contribution in [0.5, 0.6) is 0 Å². The number of aromatic nitrogens is 1. The molecule has 1 heterocycles. The van der Waals surface area contributed by atoms with Crippen molar-refractivity contribution >= 4 is 44.2 Å². The van der Waals surface area contributed by atoms with E-state index in [-0.39, 0.29) is 5.91 Å². The van der Waals surface area contributed by atoms with Gasteiger partial charge >= 0.3 is 0 Å². The number of nitrogens with two attached hydrogens (primary N) is 1. The number of nitrogens with one attached hydrogen (secondary N) is 1. The monoisotopic (exact) mass is 323 g/mol. The number of hydrogen-bond acceptors (Lipinski definition) is 4. The Morgan fingerprint density at radius 1 is 1.38 bits per heavy atom. The minimum Gasteiger partial charge on any atom is -0.329 e. The zero-order valence-corrected chi connectivity index (χ0v) is 13.3. The summed E-state index contributed by atoms with van der Waals surface area (Å²) in [6, 6.07) is 5.53. The van der Waals surface area contributed by atoms with Gasteiger partial charge in [-0.05, 0) is 31.0 Å². The molecular weight excluding hydrogens is 306 g/mol. The highest BCUT2D eigenvalue weighted by atomic mass is 35.5. The van der Waals surface area contributed by atoms with E-state index >= 15 is 0 Å². The smallest absolute Gasteiger partial charge is 0.233 e. The van der Waals surface area contributed by atoms with Gasteiger partial charge in [0.25, 0.3) is 0 Å². The number of anilines is 1. The van der Waals surface area contributed by atoms with E-state index in [2.05, 4.69) is 10.3 Å². The second-order valence-corrected chi connectivity index (χ2v) is 7.10. The molecule has 1 aliphatic rings. The highest BCUT2D eigenvalue weighted by Gasteiger charge is 2.38. The Hall–Kier alpha value is -1.17. The van der Waals surface area contributed by atoms with Gasteiger partial charge in [0.15, 0.2) is 5.13 Å². The summed E-state index contributed by atoms with van der Waals surface area (Å²) in [5.74, 6) is 0.00912. The topological polar surface area (TPSA) is 68.0 Å². The minimum atomic E-state index is -0.423. The number of nitrogens with zero attached hydrogens (tertiary/aromatic N) is 1. The summed E-state index contributed by atoms with van der Waals surface area (Å²) in [6.07, 6.45) is 5.06. The van der Waals surface area contributed by atoms with E-state index in [1.165, 1.54) is 17.8 Å². The molecular formula is C15H18ClN3OS. The summed E-state index contributed by atoms with van der Waals surface area (Å²) in [6.45, 7) is 0.398. The lowest BCUT2D eigenvalue weighted by Crippen LogP contribution is -2.43. The Balaban J connectivity index is 1.81. The summed E-state index contributed by atoms with van der Waals surface area (Å²) >= 11 is 7.42. The predicted molar refractivity (Wildman–Crippen MR) is 87.8 cm³/mol. The number of thiazole rings is 1. The largest absolute Gasteiger partial charge is 0.329 e. The van der Waals surface area contributed by atoms with Crippen LogP contribution < -0.4 is 11.1 Å². The van der Waals surface area contributed by atoms with Crippen LogP contribution in [0.1, 0.15) is 32.1 Å². The molecule has 3 rings (SSSR count). The molecule has 0 unspecified atom stereocenters. The fourth-order valence-corrected chi connectivity index (χ4v) is 4.07. The number of amides is 1. The van der Waals surface area contributed by atoms with Crippen LogP contribution >= 0.6 is 22.9 Å². The molecule has 1 amide bonds. The first-order valence-electron chi connectivity index (χ1n) is 7.21. The Kier molecular flexibility index (Phi) is 4.15. The Morgan fingerprint density at radius 3 is 2.86 bits per heavy atom. The third-order valence-corrected chi connectivity index (χ3v) is 5.42. The molecule has 112 valence electrons. The van der Waals surface area contributed by atoms with Crippen molar-refractivity contribution in [3.63, 3.8) is 0 Å². The fourth-order valence-electron chi connectivity index (χ4n) is 2.93. The highest BCUT2D eigenvalue weighted by Crippen LogP contribution is 2.37. The molecule has 0 aliphatic heterocycles. The molecule has 1 aromatic heterocycles. The van der Waals surface area contributed by atoms with Crippen LogP contribution in [0.4, 0.5) is 5.13 Å². The van der Waals surface area contributed by atoms with E-state index in [9.17, 15) is 4.79 Å². The van der Waals surface area contributed by atoms with Gasteiger partial charge in [-0.25, -0.2) is 4.98 Å². The lowest BCUT2D eigenvalue weighted by molar-refractivity contribution is -0.126. The molecule has 0 bridgehead atoms. The average molecular weight is 324 g/mol. The van der Waals surface area contributed by atoms with Gasteiger partial charge in [0.2, 0.25) is 5.91 Å². The number of carbonyl (C=O) groups excluding carboxylic acids is 1. The normalized spacial score (nSPS) is 17.8. The number of halogens is 1. The van der Waals surface area contributed by atoms with E-state index in [0.29, 0.717) is 16.7 Å². The number of carbonyl (C=O) groups is 1. The van der Waals surface area contributed by atoms with Gasteiger partial charge in [-0.2, -0.15) is 0 Å². The molecule has 0 spiro atoms. The predicted octanol–water partition coefficient (Wildman–Crippen LogP) is 3.80. The molecule has 2 aromatic rings. The minimum absolute atomic E-state index is 0.00912. The molecule has 1 aliphatic carbocycles. The van der Waals surface area contributed by atoms with E-state index < -0.39 is 5.41 Å². The van der Waals surface area contributed by atoms with Crippen LogP contribution in [-0.2, 0) is 4.79 Å². The van der Waals surface area contributed by atoms with Crippen molar-refractivity contribution < 1.29 is 4.79 Å². The highest BCUT2D eigenvalue weighted by molar-refractivity contribution is 7.22. The summed E-state index contributed by atoms with van der Waals surface area (Å²) < 4.78 is 0.975. The first-order valence-corrected chi connectivity index (χ1v) is 8.40. The van der Waals surface area contributed by atoms with Crippen molar-refractivity contribution in [1.82, 2.24) is 4.98 Å². The van der Waals surface area contributed by atoms with Crippen LogP contribution in [0, 0.1) is 5.41 Å². The summed E-state index contributed by atoms with van der Waals surface area (Å²) in [5, 5.41) is 4.25. The summed E-state index contributed by atoms with van der Waals surface area (Å²) in [7, 11) is 0. The molecule has 0 atom stereocenters. The van der Waals surface area contributed by atoms with Gasteiger partial charge in [-0.15, -0.1) is 0 Å². The van der Waals surface area contributed by atoms with Crippen molar-refractivity contribution in [2.45, 2.75) is 32.1 Å². The van der Waals surface area contributed by atoms with Gasteiger partial charge < -0.3 is 11.1 Å². The number of fused-ring (bicyclic) bond motifs is 1. The van der Waals surface area contributed by atoms with Crippen LogP contribution in [0.15, 0.2) is 18.2 Å². The van der Waals surface area contributed by atoms with Gasteiger partial charge in [-0.1, -0.05) is 42.2 Å². The third-order valence-electron chi connectivity index (χ3n) is 4.25. The molecule has 0 saturated heterocycles. The number of hydrogen-bond donors (Lipinski definition) is 2. The van der Waals surface area contributed by atoms with E-state index in [0.717, 1.165) is 35.9 Å². The number of benzene rings is 1. The second-order valence-electron chi connectivity index (χ2n) is 5.63. The van der Waals surface area contributed by atoms with Crippen LogP contribution in [-0.4, -0.2) is 17.4 Å². The van der Waals surface area contributed by atoms with Crippen LogP contribution in [0.25, 0.3) is 10.2 Å². The Morgan fingerprint density at radius 2 is 2.14 bits per heavy atom. The van der Waals surface area contributed by atoms with Crippen molar-refractivity contribution in [2.24, 2.45) is 11.1 Å². The van der Waals surface area contributed by atoms with E-state index in [1.54, 1.807) is 6.07 Å². The lowest BCUT2D eigenvalue weighted by Gasteiger charge is -2.34. The lowest BCUT2D eigenvalue weighted by atomic mass is 9.73. The van der Waals surface area contributed by atoms with Crippen molar-refractivity contribution in [3.8, 4) is 0 Å². The van der Waals surface area contributed by atoms with Gasteiger partial charge in [0.05, 0.1) is 15.6 Å². The maximum atomic E-state index is 12.6. The maximum absolute atomic E-state index is 12.6. The van der Waals surface area contributed by atoms with Crippen molar-refractivity contribution in [3.05, 3.63) is 23.2 Å². The molecule has 0 radical (unpaired) electrons. The fraction of sp³-hybridized carbons (Fsp3) is 0.467. The molecule has 1 fully saturated rings. The first-order chi connectivity index (χ1) is 10.1. The van der Waals surface area contributed by atoms with Gasteiger partial charge in [0.1, 0.15) is 0 Å². The standard InChI is InChI=1S/C15H18ClN3OS/c16-10-4-5-11-12(8-10)21-14(18-11)19-13(20)15(9-17)6-2-1-3-7-15/h4-5,8H,1-3,6-7,9,17H2,(H,18,19,20). The van der Waals surface area contributed by atoms with Crippen LogP contribution in [0.3, 0.4) is 0 Å². The zero-order valence-electron chi connectivity index (χ0n) is 11.7. The second kappa shape index (κ2) is 5.91. The van der Waals surface area contributed by atoms with Gasteiger partial charge in [-0.3, -0.25) is 4.79 Å². The summed E-state index contributed by atoms with van der Waals surface area (Å²) in [4.78, 5) is 17.1. The Labute approximate surface area is 132 Å². The molecule has 3 N–H and O–H groups in total. The maximum Gasteiger partial charge on any atom is 0.233 e.